The van der Waals surface area contributed by atoms with Crippen molar-refractivity contribution in [2.24, 2.45) is 5.73 Å². The number of rotatable bonds is 9. The molecule has 0 aromatic heterocycles. The van der Waals surface area contributed by atoms with Crippen LogP contribution in [0.15, 0.2) is 18.2 Å². The molecule has 0 heterocycles. The zero-order valence-corrected chi connectivity index (χ0v) is 13.6. The van der Waals surface area contributed by atoms with Crippen LogP contribution in [0.4, 0.5) is 5.69 Å². The molecule has 0 bridgehead atoms. The molecule has 0 saturated heterocycles. The van der Waals surface area contributed by atoms with Gasteiger partial charge in [-0.2, -0.15) is 11.8 Å². The second-order valence-corrected chi connectivity index (χ2v) is 6.23. The first-order chi connectivity index (χ1) is 9.15. The molecule has 0 amide bonds. The van der Waals surface area contributed by atoms with Crippen LogP contribution in [0.1, 0.15) is 31.2 Å². The van der Waals surface area contributed by atoms with Gasteiger partial charge in [-0.15, -0.1) is 0 Å². The van der Waals surface area contributed by atoms with Crippen molar-refractivity contribution >= 4 is 46.3 Å². The maximum atomic E-state index is 6.11. The lowest BCUT2D eigenvalue weighted by Gasteiger charge is -2.09. The molecule has 1 aromatic carbocycles. The van der Waals surface area contributed by atoms with E-state index in [1.54, 1.807) is 0 Å². The van der Waals surface area contributed by atoms with Crippen LogP contribution in [0.2, 0.25) is 5.02 Å². The Bertz CT molecular complexity index is 410. The lowest BCUT2D eigenvalue weighted by molar-refractivity contribution is 0.689. The van der Waals surface area contributed by atoms with Crippen LogP contribution in [0.25, 0.3) is 0 Å². The lowest BCUT2D eigenvalue weighted by atomic mass is 10.2. The smallest absolute Gasteiger partial charge is 0.105 e. The molecule has 0 aliphatic rings. The number of thiocarbonyl (C=S) groups is 1. The zero-order valence-electron chi connectivity index (χ0n) is 11.2. The minimum absolute atomic E-state index is 0.338. The Hall–Kier alpha value is -0.450. The minimum Gasteiger partial charge on any atom is -0.389 e. The van der Waals surface area contributed by atoms with E-state index in [-0.39, 0.29) is 0 Å². The summed E-state index contributed by atoms with van der Waals surface area (Å²) in [4.78, 5) is 0.338. The molecule has 1 rings (SSSR count). The summed E-state index contributed by atoms with van der Waals surface area (Å²) in [6.45, 7) is 0.974. The number of unbranched alkanes of at least 4 members (excludes halogenated alkanes) is 3. The van der Waals surface area contributed by atoms with Crippen molar-refractivity contribution in [2.75, 3.05) is 23.9 Å². The molecule has 0 atom stereocenters. The van der Waals surface area contributed by atoms with Gasteiger partial charge in [-0.05, 0) is 43.0 Å². The van der Waals surface area contributed by atoms with Crippen LogP contribution < -0.4 is 11.1 Å². The first-order valence-electron chi connectivity index (χ1n) is 6.47. The van der Waals surface area contributed by atoms with Gasteiger partial charge in [0.25, 0.3) is 0 Å². The van der Waals surface area contributed by atoms with E-state index in [2.05, 4.69) is 11.6 Å². The Morgan fingerprint density at radius 3 is 2.68 bits per heavy atom. The Balaban J connectivity index is 2.26. The number of halogens is 1. The number of benzene rings is 1. The third-order valence-corrected chi connectivity index (χ3v) is 4.07. The number of nitrogens with one attached hydrogen (secondary N) is 1. The van der Waals surface area contributed by atoms with E-state index >= 15 is 0 Å². The first-order valence-corrected chi connectivity index (χ1v) is 8.65. The second kappa shape index (κ2) is 9.45. The fourth-order valence-electron chi connectivity index (χ4n) is 1.78. The van der Waals surface area contributed by atoms with E-state index in [4.69, 9.17) is 29.6 Å². The van der Waals surface area contributed by atoms with Crippen molar-refractivity contribution in [2.45, 2.75) is 25.7 Å². The number of hydrogen-bond acceptors (Lipinski definition) is 3. The molecule has 3 N–H and O–H groups in total. The van der Waals surface area contributed by atoms with Gasteiger partial charge in [-0.1, -0.05) is 36.7 Å². The van der Waals surface area contributed by atoms with Crippen LogP contribution in [0.5, 0.6) is 0 Å². The molecule has 1 aromatic rings. The Kier molecular flexibility index (Phi) is 8.26. The number of nitrogens with two attached hydrogens (primary N) is 1. The lowest BCUT2D eigenvalue weighted by Crippen LogP contribution is -2.10. The molecule has 2 nitrogen and oxygen atoms in total. The van der Waals surface area contributed by atoms with Gasteiger partial charge in [0, 0.05) is 17.8 Å². The van der Waals surface area contributed by atoms with E-state index < -0.39 is 0 Å². The molecule has 0 unspecified atom stereocenters. The van der Waals surface area contributed by atoms with Crippen LogP contribution in [0.3, 0.4) is 0 Å². The highest BCUT2D eigenvalue weighted by Gasteiger charge is 2.03. The van der Waals surface area contributed by atoms with Gasteiger partial charge in [0.15, 0.2) is 0 Å². The van der Waals surface area contributed by atoms with Crippen LogP contribution in [0, 0.1) is 0 Å². The highest BCUT2D eigenvalue weighted by atomic mass is 35.5. The summed E-state index contributed by atoms with van der Waals surface area (Å²) < 4.78 is 0. The van der Waals surface area contributed by atoms with E-state index in [9.17, 15) is 0 Å². The van der Waals surface area contributed by atoms with Crippen molar-refractivity contribution in [1.82, 2.24) is 0 Å². The predicted octanol–water partition coefficient (Wildman–Crippen LogP) is 4.31. The minimum atomic E-state index is 0.338. The van der Waals surface area contributed by atoms with Gasteiger partial charge < -0.3 is 11.1 Å². The molecule has 0 aliphatic heterocycles. The molecule has 0 radical (unpaired) electrons. The number of anilines is 1. The van der Waals surface area contributed by atoms with Gasteiger partial charge in [0.1, 0.15) is 4.99 Å². The highest BCUT2D eigenvalue weighted by molar-refractivity contribution is 7.98. The third-order valence-electron chi connectivity index (χ3n) is 2.84. The van der Waals surface area contributed by atoms with Crippen molar-refractivity contribution in [3.05, 3.63) is 28.8 Å². The Labute approximate surface area is 130 Å². The Morgan fingerprint density at radius 2 is 2.05 bits per heavy atom. The molecule has 106 valence electrons. The predicted molar refractivity (Wildman–Crippen MR) is 92.7 cm³/mol. The number of hydrogen-bond donors (Lipinski definition) is 2. The van der Waals surface area contributed by atoms with Gasteiger partial charge in [0.05, 0.1) is 5.02 Å². The highest BCUT2D eigenvalue weighted by Crippen LogP contribution is 2.21. The molecule has 0 spiro atoms. The Morgan fingerprint density at radius 1 is 1.32 bits per heavy atom. The summed E-state index contributed by atoms with van der Waals surface area (Å²) in [5.41, 5.74) is 7.33. The van der Waals surface area contributed by atoms with Crippen molar-refractivity contribution < 1.29 is 0 Å². The largest absolute Gasteiger partial charge is 0.389 e. The standard InChI is InChI=1S/C14H21ClN2S2/c1-19-9-5-3-2-4-8-17-11-6-7-12(14(16)18)13(15)10-11/h6-7,10,17H,2-5,8-9H2,1H3,(H2,16,18). The van der Waals surface area contributed by atoms with Gasteiger partial charge in [-0.25, -0.2) is 0 Å². The molecule has 0 saturated carbocycles. The van der Waals surface area contributed by atoms with E-state index in [1.165, 1.54) is 31.4 Å². The SMILES string of the molecule is CSCCCCCCNc1ccc(C(N)=S)c(Cl)c1. The number of thioether (sulfide) groups is 1. The molecule has 5 heteroatoms. The van der Waals surface area contributed by atoms with E-state index in [0.717, 1.165) is 17.8 Å². The van der Waals surface area contributed by atoms with Crippen LogP contribution >= 0.6 is 35.6 Å². The summed E-state index contributed by atoms with van der Waals surface area (Å²) in [7, 11) is 0. The molecule has 0 aliphatic carbocycles. The maximum Gasteiger partial charge on any atom is 0.105 e. The summed E-state index contributed by atoms with van der Waals surface area (Å²) in [5.74, 6) is 1.27. The van der Waals surface area contributed by atoms with Crippen molar-refractivity contribution in [3.63, 3.8) is 0 Å². The monoisotopic (exact) mass is 316 g/mol. The normalized spacial score (nSPS) is 10.4. The molecule has 19 heavy (non-hydrogen) atoms. The molecular formula is C14H21ClN2S2. The fraction of sp³-hybridized carbons (Fsp3) is 0.500. The van der Waals surface area contributed by atoms with Crippen LogP contribution in [-0.4, -0.2) is 23.5 Å². The average Bonchev–Trinajstić information content (AvgIpc) is 2.37. The zero-order chi connectivity index (χ0) is 14.1. The first kappa shape index (κ1) is 16.6. The summed E-state index contributed by atoms with van der Waals surface area (Å²) >= 11 is 12.9. The molecular weight excluding hydrogens is 296 g/mol. The third kappa shape index (κ3) is 6.50. The topological polar surface area (TPSA) is 38.0 Å². The second-order valence-electron chi connectivity index (χ2n) is 4.39. The maximum absolute atomic E-state index is 6.11. The molecule has 0 fully saturated rings. The summed E-state index contributed by atoms with van der Waals surface area (Å²) in [6.07, 6.45) is 7.23. The van der Waals surface area contributed by atoms with Crippen molar-refractivity contribution in [1.29, 1.82) is 0 Å². The van der Waals surface area contributed by atoms with Gasteiger partial charge in [-0.3, -0.25) is 0 Å². The van der Waals surface area contributed by atoms with Crippen molar-refractivity contribution in [3.8, 4) is 0 Å². The van der Waals surface area contributed by atoms with Crippen LogP contribution in [-0.2, 0) is 0 Å². The van der Waals surface area contributed by atoms with Gasteiger partial charge >= 0.3 is 0 Å². The van der Waals surface area contributed by atoms with E-state index in [1.807, 2.05) is 30.0 Å². The quantitative estimate of drug-likeness (QED) is 0.526. The van der Waals surface area contributed by atoms with Gasteiger partial charge in [0.2, 0.25) is 0 Å². The average molecular weight is 317 g/mol. The van der Waals surface area contributed by atoms with E-state index in [0.29, 0.717) is 10.0 Å². The fourth-order valence-corrected chi connectivity index (χ4v) is 2.79. The summed E-state index contributed by atoms with van der Waals surface area (Å²) in [6, 6.07) is 5.71. The summed E-state index contributed by atoms with van der Waals surface area (Å²) in [5, 5.41) is 3.98.